The van der Waals surface area contributed by atoms with Crippen molar-refractivity contribution in [3.05, 3.63) is 88.4 Å². The van der Waals surface area contributed by atoms with E-state index in [-0.39, 0.29) is 0 Å². The van der Waals surface area contributed by atoms with Gasteiger partial charge in [0.1, 0.15) is 12.7 Å². The summed E-state index contributed by atoms with van der Waals surface area (Å²) >= 11 is 0. The SMILES string of the molecule is Cc1c(-c2cccc[n+]2C)n2c3c(cccc13)C1C=c3ccccc3=CC12. The summed E-state index contributed by atoms with van der Waals surface area (Å²) in [6.45, 7) is 2.27. The van der Waals surface area contributed by atoms with Crippen molar-refractivity contribution in [2.75, 3.05) is 0 Å². The van der Waals surface area contributed by atoms with Crippen molar-refractivity contribution in [2.24, 2.45) is 7.05 Å². The Balaban J connectivity index is 1.75. The van der Waals surface area contributed by atoms with Gasteiger partial charge in [0.15, 0.2) is 6.20 Å². The summed E-state index contributed by atoms with van der Waals surface area (Å²) in [6.07, 6.45) is 7.07. The molecule has 1 aliphatic heterocycles. The van der Waals surface area contributed by atoms with Crippen molar-refractivity contribution in [2.45, 2.75) is 18.9 Å². The summed E-state index contributed by atoms with van der Waals surface area (Å²) in [6, 6.07) is 22.4. The van der Waals surface area contributed by atoms with E-state index in [4.69, 9.17) is 0 Å². The molecule has 3 heterocycles. The van der Waals surface area contributed by atoms with Crippen LogP contribution in [0.25, 0.3) is 34.4 Å². The van der Waals surface area contributed by atoms with Crippen LogP contribution in [0, 0.1) is 6.92 Å². The highest BCUT2D eigenvalue weighted by Gasteiger charge is 2.37. The fraction of sp³-hybridized carbons (Fsp3) is 0.160. The number of para-hydroxylation sites is 1. The number of nitrogens with zero attached hydrogens (tertiary/aromatic N) is 2. The lowest BCUT2D eigenvalue weighted by Gasteiger charge is -2.22. The van der Waals surface area contributed by atoms with Crippen LogP contribution in [-0.2, 0) is 7.05 Å². The lowest BCUT2D eigenvalue weighted by Crippen LogP contribution is -2.33. The van der Waals surface area contributed by atoms with Gasteiger partial charge >= 0.3 is 0 Å². The number of hydrogen-bond acceptors (Lipinski definition) is 0. The van der Waals surface area contributed by atoms with Gasteiger partial charge in [-0.25, -0.2) is 0 Å². The molecule has 0 spiro atoms. The maximum absolute atomic E-state index is 2.59. The predicted molar refractivity (Wildman–Crippen MR) is 110 cm³/mol. The van der Waals surface area contributed by atoms with Crippen LogP contribution in [0.2, 0.25) is 0 Å². The van der Waals surface area contributed by atoms with Crippen LogP contribution < -0.4 is 15.0 Å². The Labute approximate surface area is 158 Å². The number of pyridine rings is 1. The summed E-state index contributed by atoms with van der Waals surface area (Å²) in [5.41, 5.74) is 6.85. The molecular formula is C25H21N2+. The first kappa shape index (κ1) is 15.0. The van der Waals surface area contributed by atoms with Crippen LogP contribution in [0.4, 0.5) is 0 Å². The molecule has 2 aromatic carbocycles. The third-order valence-corrected chi connectivity index (χ3v) is 6.34. The second-order valence-corrected chi connectivity index (χ2v) is 7.76. The average molecular weight is 349 g/mol. The van der Waals surface area contributed by atoms with Crippen LogP contribution in [0.5, 0.6) is 0 Å². The van der Waals surface area contributed by atoms with E-state index in [2.05, 4.69) is 102 Å². The second-order valence-electron chi connectivity index (χ2n) is 7.76. The maximum Gasteiger partial charge on any atom is 0.229 e. The fourth-order valence-corrected chi connectivity index (χ4v) is 5.11. The summed E-state index contributed by atoms with van der Waals surface area (Å²) in [7, 11) is 2.14. The highest BCUT2D eigenvalue weighted by atomic mass is 15.1. The van der Waals surface area contributed by atoms with E-state index in [0.717, 1.165) is 0 Å². The molecule has 4 aromatic rings. The quantitative estimate of drug-likeness (QED) is 0.466. The van der Waals surface area contributed by atoms with E-state index in [9.17, 15) is 0 Å². The predicted octanol–water partition coefficient (Wildman–Crippen LogP) is 3.35. The van der Waals surface area contributed by atoms with Crippen LogP contribution in [0.1, 0.15) is 23.1 Å². The molecule has 0 saturated heterocycles. The summed E-state index contributed by atoms with van der Waals surface area (Å²) < 4.78 is 4.82. The molecule has 130 valence electrons. The fourth-order valence-electron chi connectivity index (χ4n) is 5.11. The van der Waals surface area contributed by atoms with Crippen molar-refractivity contribution in [3.63, 3.8) is 0 Å². The number of fused-ring (bicyclic) bond motifs is 4. The number of benzene rings is 2. The van der Waals surface area contributed by atoms with Crippen LogP contribution in [-0.4, -0.2) is 4.57 Å². The molecule has 2 heteroatoms. The standard InChI is InChI=1S/C25H21N2/c1-16-19-10-7-11-20-21-14-17-8-3-4-9-18(17)15-23(21)27(25(19)20)24(16)22-12-5-6-13-26(22)2/h3-15,21,23H,1-2H3/q+1. The Morgan fingerprint density at radius 1 is 0.852 bits per heavy atom. The van der Waals surface area contributed by atoms with Crippen molar-refractivity contribution >= 4 is 23.1 Å². The number of hydrogen-bond donors (Lipinski definition) is 0. The zero-order valence-corrected chi connectivity index (χ0v) is 15.6. The highest BCUT2D eigenvalue weighted by Crippen LogP contribution is 2.49. The molecule has 2 aliphatic rings. The van der Waals surface area contributed by atoms with Crippen LogP contribution >= 0.6 is 0 Å². The Bertz CT molecular complexity index is 1360. The molecule has 6 rings (SSSR count). The van der Waals surface area contributed by atoms with Crippen molar-refractivity contribution < 1.29 is 4.57 Å². The number of rotatable bonds is 1. The van der Waals surface area contributed by atoms with Gasteiger partial charge in [-0.3, -0.25) is 0 Å². The number of aromatic nitrogens is 2. The van der Waals surface area contributed by atoms with Gasteiger partial charge in [0, 0.05) is 23.4 Å². The van der Waals surface area contributed by atoms with E-state index in [0.29, 0.717) is 12.0 Å². The van der Waals surface area contributed by atoms with Crippen molar-refractivity contribution in [1.82, 2.24) is 4.57 Å². The monoisotopic (exact) mass is 349 g/mol. The van der Waals surface area contributed by atoms with Gasteiger partial charge in [-0.05, 0) is 34.6 Å². The molecule has 2 unspecified atom stereocenters. The van der Waals surface area contributed by atoms with Gasteiger partial charge in [-0.2, -0.15) is 4.57 Å². The first-order valence-electron chi connectivity index (χ1n) is 9.61. The van der Waals surface area contributed by atoms with E-state index in [1.165, 1.54) is 43.9 Å². The van der Waals surface area contributed by atoms with Crippen LogP contribution in [0.3, 0.4) is 0 Å². The van der Waals surface area contributed by atoms with E-state index >= 15 is 0 Å². The largest absolute Gasteiger partial charge is 0.327 e. The minimum absolute atomic E-state index is 0.337. The van der Waals surface area contributed by atoms with Gasteiger partial charge in [-0.15, -0.1) is 0 Å². The Morgan fingerprint density at radius 2 is 1.63 bits per heavy atom. The molecule has 2 atom stereocenters. The van der Waals surface area contributed by atoms with Gasteiger partial charge < -0.3 is 4.57 Å². The maximum atomic E-state index is 2.59. The summed E-state index contributed by atoms with van der Waals surface area (Å²) in [5.74, 6) is 0.409. The normalized spacial score (nSPS) is 19.3. The topological polar surface area (TPSA) is 8.81 Å². The van der Waals surface area contributed by atoms with E-state index in [1.807, 2.05) is 0 Å². The molecule has 1 aliphatic carbocycles. The van der Waals surface area contributed by atoms with Gasteiger partial charge in [0.25, 0.3) is 0 Å². The molecule has 0 saturated carbocycles. The highest BCUT2D eigenvalue weighted by molar-refractivity contribution is 5.96. The Hall–Kier alpha value is -3.13. The van der Waals surface area contributed by atoms with Crippen LogP contribution in [0.15, 0.2) is 66.9 Å². The minimum atomic E-state index is 0.337. The van der Waals surface area contributed by atoms with Crippen molar-refractivity contribution in [3.8, 4) is 11.4 Å². The molecular weight excluding hydrogens is 328 g/mol. The third kappa shape index (κ3) is 1.88. The Kier molecular flexibility index (Phi) is 2.88. The molecule has 2 nitrogen and oxygen atoms in total. The smallest absolute Gasteiger partial charge is 0.229 e. The van der Waals surface area contributed by atoms with E-state index in [1.54, 1.807) is 0 Å². The third-order valence-electron chi connectivity index (χ3n) is 6.34. The molecule has 0 amide bonds. The first-order chi connectivity index (χ1) is 13.2. The molecule has 0 N–H and O–H groups in total. The van der Waals surface area contributed by atoms with Crippen molar-refractivity contribution in [1.29, 1.82) is 0 Å². The molecule has 0 radical (unpaired) electrons. The molecule has 0 bridgehead atoms. The van der Waals surface area contributed by atoms with Gasteiger partial charge in [0.2, 0.25) is 5.69 Å². The van der Waals surface area contributed by atoms with Gasteiger partial charge in [-0.1, -0.05) is 54.6 Å². The average Bonchev–Trinajstić information content (AvgIpc) is 3.17. The number of aryl methyl sites for hydroxylation is 2. The molecule has 0 fully saturated rings. The zero-order chi connectivity index (χ0) is 18.1. The summed E-state index contributed by atoms with van der Waals surface area (Å²) in [4.78, 5) is 0. The molecule has 27 heavy (non-hydrogen) atoms. The lowest BCUT2D eigenvalue weighted by atomic mass is 9.88. The second kappa shape index (κ2) is 5.20. The van der Waals surface area contributed by atoms with Gasteiger partial charge in [0.05, 0.1) is 11.6 Å². The lowest BCUT2D eigenvalue weighted by molar-refractivity contribution is -0.660. The zero-order valence-electron chi connectivity index (χ0n) is 15.6. The minimum Gasteiger partial charge on any atom is -0.327 e. The Morgan fingerprint density at radius 3 is 2.44 bits per heavy atom. The first-order valence-corrected chi connectivity index (χ1v) is 9.61. The molecule has 2 aromatic heterocycles. The summed E-state index contributed by atoms with van der Waals surface area (Å²) in [5, 5.41) is 4.08. The van der Waals surface area contributed by atoms with E-state index < -0.39 is 0 Å².